The van der Waals surface area contributed by atoms with Crippen molar-refractivity contribution in [1.29, 1.82) is 0 Å². The highest BCUT2D eigenvalue weighted by atomic mass is 32.2. The Bertz CT molecular complexity index is 809. The second-order valence-electron chi connectivity index (χ2n) is 4.86. The normalized spacial score (nSPS) is 11.7. The molecule has 0 radical (unpaired) electrons. The van der Waals surface area contributed by atoms with Crippen molar-refractivity contribution in [1.82, 2.24) is 0 Å². The lowest BCUT2D eigenvalue weighted by molar-refractivity contribution is 0.103. The van der Waals surface area contributed by atoms with Crippen molar-refractivity contribution in [2.75, 3.05) is 0 Å². The van der Waals surface area contributed by atoms with Gasteiger partial charge in [0.05, 0.1) is 0 Å². The van der Waals surface area contributed by atoms with Crippen molar-refractivity contribution in [3.8, 4) is 0 Å². The number of benzene rings is 2. The maximum Gasteiger partial charge on any atom is 0.231 e. The molecule has 0 aromatic heterocycles. The monoisotopic (exact) mass is 315 g/mol. The van der Waals surface area contributed by atoms with Gasteiger partial charge in [0.15, 0.2) is 5.78 Å². The highest BCUT2D eigenvalue weighted by molar-refractivity contribution is 7.92. The molecule has 2 N–H and O–H groups in total. The number of primary sulfonamides is 1. The zero-order valence-electron chi connectivity index (χ0n) is 12.2. The van der Waals surface area contributed by atoms with E-state index in [1.807, 2.05) is 31.2 Å². The van der Waals surface area contributed by atoms with E-state index in [0.717, 1.165) is 11.0 Å². The molecule has 0 saturated carbocycles. The Morgan fingerprint density at radius 3 is 2.41 bits per heavy atom. The van der Waals surface area contributed by atoms with Crippen molar-refractivity contribution in [2.24, 2.45) is 5.14 Å². The molecule has 0 saturated heterocycles. The second-order valence-corrected chi connectivity index (χ2v) is 6.31. The summed E-state index contributed by atoms with van der Waals surface area (Å²) in [5, 5.41) is 5.87. The van der Waals surface area contributed by atoms with Gasteiger partial charge in [0.2, 0.25) is 10.0 Å². The summed E-state index contributed by atoms with van der Waals surface area (Å²) < 4.78 is 22.0. The van der Waals surface area contributed by atoms with Crippen LogP contribution in [-0.2, 0) is 16.4 Å². The largest absolute Gasteiger partial charge is 0.289 e. The fourth-order valence-electron chi connectivity index (χ4n) is 2.14. The highest BCUT2D eigenvalue weighted by Gasteiger charge is 2.13. The molecule has 5 heteroatoms. The van der Waals surface area contributed by atoms with Gasteiger partial charge in [0.1, 0.15) is 0 Å². The van der Waals surface area contributed by atoms with Crippen LogP contribution in [-0.4, -0.2) is 14.2 Å². The molecule has 2 aromatic rings. The van der Waals surface area contributed by atoms with Crippen LogP contribution in [0.1, 0.15) is 34.0 Å². The van der Waals surface area contributed by atoms with E-state index in [2.05, 4.69) is 0 Å². The molecule has 0 aliphatic rings. The third-order valence-electron chi connectivity index (χ3n) is 3.25. The zero-order valence-corrected chi connectivity index (χ0v) is 13.0. The Morgan fingerprint density at radius 1 is 1.14 bits per heavy atom. The Labute approximate surface area is 130 Å². The summed E-state index contributed by atoms with van der Waals surface area (Å²) in [7, 11) is -3.69. The number of hydrogen-bond donors (Lipinski definition) is 1. The minimum absolute atomic E-state index is 0.0803. The standard InChI is InChI=1S/C17H17NO3S/c1-2-14-9-8-13(10-11-22(18,20)21)12-16(14)17(19)15-6-4-3-5-7-15/h3-12H,2H2,1H3,(H2,18,20,21)/b11-10+. The van der Waals surface area contributed by atoms with Gasteiger partial charge in [-0.3, -0.25) is 4.79 Å². The number of sulfonamides is 1. The van der Waals surface area contributed by atoms with E-state index < -0.39 is 10.0 Å². The van der Waals surface area contributed by atoms with Crippen LogP contribution in [0.15, 0.2) is 53.9 Å². The maximum absolute atomic E-state index is 12.6. The van der Waals surface area contributed by atoms with Gasteiger partial charge in [0.25, 0.3) is 0 Å². The Kier molecular flexibility index (Phi) is 4.90. The molecule has 0 atom stereocenters. The van der Waals surface area contributed by atoms with Crippen molar-refractivity contribution in [3.05, 3.63) is 76.2 Å². The Hall–Kier alpha value is -2.24. The molecule has 0 spiro atoms. The first kappa shape index (κ1) is 16.1. The van der Waals surface area contributed by atoms with Gasteiger partial charge in [-0.2, -0.15) is 0 Å². The lowest BCUT2D eigenvalue weighted by Gasteiger charge is -2.08. The first-order valence-corrected chi connectivity index (χ1v) is 8.45. The molecular formula is C17H17NO3S. The molecular weight excluding hydrogens is 298 g/mol. The van der Waals surface area contributed by atoms with E-state index in [-0.39, 0.29) is 5.78 Å². The first-order valence-electron chi connectivity index (χ1n) is 6.84. The van der Waals surface area contributed by atoms with Crippen molar-refractivity contribution in [3.63, 3.8) is 0 Å². The van der Waals surface area contributed by atoms with Crippen LogP contribution >= 0.6 is 0 Å². The smallest absolute Gasteiger partial charge is 0.231 e. The number of nitrogens with two attached hydrogens (primary N) is 1. The summed E-state index contributed by atoms with van der Waals surface area (Å²) in [6, 6.07) is 14.3. The molecule has 2 rings (SSSR count). The number of carbonyl (C=O) groups excluding carboxylic acids is 1. The predicted octanol–water partition coefficient (Wildman–Crippen LogP) is 2.74. The average molecular weight is 315 g/mol. The fourth-order valence-corrected chi connectivity index (χ4v) is 2.48. The Morgan fingerprint density at radius 2 is 1.82 bits per heavy atom. The van der Waals surface area contributed by atoms with Gasteiger partial charge in [-0.05, 0) is 29.7 Å². The van der Waals surface area contributed by atoms with Gasteiger partial charge >= 0.3 is 0 Å². The van der Waals surface area contributed by atoms with Gasteiger partial charge in [-0.1, -0.05) is 49.4 Å². The van der Waals surface area contributed by atoms with Crippen LogP contribution in [0.25, 0.3) is 6.08 Å². The van der Waals surface area contributed by atoms with E-state index in [9.17, 15) is 13.2 Å². The van der Waals surface area contributed by atoms with E-state index in [1.54, 1.807) is 24.3 Å². The lowest BCUT2D eigenvalue weighted by atomic mass is 9.95. The van der Waals surface area contributed by atoms with Gasteiger partial charge in [-0.25, -0.2) is 13.6 Å². The molecule has 0 aliphatic heterocycles. The van der Waals surface area contributed by atoms with Gasteiger partial charge in [0, 0.05) is 16.5 Å². The molecule has 0 aliphatic carbocycles. The summed E-state index contributed by atoms with van der Waals surface area (Å²) >= 11 is 0. The molecule has 0 amide bonds. The predicted molar refractivity (Wildman–Crippen MR) is 87.8 cm³/mol. The van der Waals surface area contributed by atoms with Crippen molar-refractivity contribution in [2.45, 2.75) is 13.3 Å². The molecule has 2 aromatic carbocycles. The molecule has 0 heterocycles. The van der Waals surface area contributed by atoms with E-state index in [0.29, 0.717) is 23.1 Å². The van der Waals surface area contributed by atoms with Crippen LogP contribution in [0.5, 0.6) is 0 Å². The average Bonchev–Trinajstić information content (AvgIpc) is 2.52. The van der Waals surface area contributed by atoms with Gasteiger partial charge < -0.3 is 0 Å². The van der Waals surface area contributed by atoms with Crippen LogP contribution in [0.3, 0.4) is 0 Å². The molecule has 0 bridgehead atoms. The summed E-state index contributed by atoms with van der Waals surface area (Å²) in [6.45, 7) is 1.97. The third kappa shape index (κ3) is 4.13. The van der Waals surface area contributed by atoms with Crippen molar-refractivity contribution >= 4 is 21.9 Å². The van der Waals surface area contributed by atoms with E-state index in [1.165, 1.54) is 6.08 Å². The van der Waals surface area contributed by atoms with Gasteiger partial charge in [-0.15, -0.1) is 0 Å². The van der Waals surface area contributed by atoms with Crippen molar-refractivity contribution < 1.29 is 13.2 Å². The molecule has 0 fully saturated rings. The van der Waals surface area contributed by atoms with Crippen LogP contribution in [0, 0.1) is 0 Å². The molecule has 4 nitrogen and oxygen atoms in total. The highest BCUT2D eigenvalue weighted by Crippen LogP contribution is 2.18. The summed E-state index contributed by atoms with van der Waals surface area (Å²) in [6.07, 6.45) is 2.10. The van der Waals surface area contributed by atoms with Crippen LogP contribution < -0.4 is 5.14 Å². The van der Waals surface area contributed by atoms with Crippen LogP contribution in [0.4, 0.5) is 0 Å². The summed E-state index contributed by atoms with van der Waals surface area (Å²) in [5.74, 6) is -0.0803. The maximum atomic E-state index is 12.6. The second kappa shape index (κ2) is 6.68. The lowest BCUT2D eigenvalue weighted by Crippen LogP contribution is -2.07. The number of aryl methyl sites for hydroxylation is 1. The number of carbonyl (C=O) groups is 1. The fraction of sp³-hybridized carbons (Fsp3) is 0.118. The number of ketones is 1. The molecule has 0 unspecified atom stereocenters. The van der Waals surface area contributed by atoms with E-state index >= 15 is 0 Å². The topological polar surface area (TPSA) is 77.2 Å². The number of hydrogen-bond acceptors (Lipinski definition) is 3. The third-order valence-corrected chi connectivity index (χ3v) is 3.76. The SMILES string of the molecule is CCc1ccc(/C=C/S(N)(=O)=O)cc1C(=O)c1ccccc1. The van der Waals surface area contributed by atoms with E-state index in [4.69, 9.17) is 5.14 Å². The Balaban J connectivity index is 2.45. The quantitative estimate of drug-likeness (QED) is 0.862. The molecule has 22 heavy (non-hydrogen) atoms. The minimum Gasteiger partial charge on any atom is -0.289 e. The van der Waals surface area contributed by atoms with Crippen LogP contribution in [0.2, 0.25) is 0 Å². The summed E-state index contributed by atoms with van der Waals surface area (Å²) in [4.78, 5) is 12.6. The minimum atomic E-state index is -3.69. The zero-order chi connectivity index (χ0) is 16.2. The summed E-state index contributed by atoms with van der Waals surface area (Å²) in [5.41, 5.74) is 2.71. The molecule has 114 valence electrons. The first-order chi connectivity index (χ1) is 10.4. The number of rotatable bonds is 5.